The van der Waals surface area contributed by atoms with Gasteiger partial charge in [-0.05, 0) is 49.2 Å². The van der Waals surface area contributed by atoms with Crippen molar-refractivity contribution in [1.82, 2.24) is 20.4 Å². The van der Waals surface area contributed by atoms with Crippen molar-refractivity contribution in [2.75, 3.05) is 13.1 Å². The van der Waals surface area contributed by atoms with Crippen molar-refractivity contribution in [1.29, 1.82) is 0 Å². The van der Waals surface area contributed by atoms with Crippen LogP contribution < -0.4 is 5.43 Å². The molecule has 1 amide bonds. The molecule has 0 radical (unpaired) electrons. The predicted molar refractivity (Wildman–Crippen MR) is 99.4 cm³/mol. The van der Waals surface area contributed by atoms with E-state index in [0.29, 0.717) is 5.52 Å². The molecule has 1 saturated heterocycles. The number of H-pyrrole nitrogens is 1. The lowest BCUT2D eigenvalue weighted by molar-refractivity contribution is -0.137. The van der Waals surface area contributed by atoms with Gasteiger partial charge in [-0.3, -0.25) is 10.2 Å². The minimum Gasteiger partial charge on any atom is -0.338 e. The number of hydrogen-bond acceptors (Lipinski definition) is 3. The largest absolute Gasteiger partial charge is 0.416 e. The van der Waals surface area contributed by atoms with E-state index in [2.05, 4.69) is 15.4 Å². The molecule has 1 fully saturated rings. The van der Waals surface area contributed by atoms with Gasteiger partial charge in [0.25, 0.3) is 5.91 Å². The van der Waals surface area contributed by atoms with Gasteiger partial charge in [-0.15, -0.1) is 0 Å². The maximum Gasteiger partial charge on any atom is 0.416 e. The number of alkyl halides is 3. The first kappa shape index (κ1) is 19.4. The van der Waals surface area contributed by atoms with Crippen molar-refractivity contribution in [3.8, 4) is 11.4 Å². The van der Waals surface area contributed by atoms with Crippen LogP contribution in [0, 0.1) is 5.82 Å². The Kier molecular flexibility index (Phi) is 4.99. The number of carbonyl (C=O) groups excluding carboxylic acids is 1. The quantitative estimate of drug-likeness (QED) is 0.629. The second kappa shape index (κ2) is 7.47. The van der Waals surface area contributed by atoms with Crippen LogP contribution >= 0.6 is 0 Å². The third kappa shape index (κ3) is 4.09. The van der Waals surface area contributed by atoms with E-state index < -0.39 is 23.5 Å². The summed E-state index contributed by atoms with van der Waals surface area (Å²) in [5.74, 6) is -0.997. The van der Waals surface area contributed by atoms with Gasteiger partial charge >= 0.3 is 6.18 Å². The zero-order chi connectivity index (χ0) is 20.6. The lowest BCUT2D eigenvalue weighted by atomic mass is 10.1. The number of hydrogen-bond donors (Lipinski definition) is 2. The van der Waals surface area contributed by atoms with Gasteiger partial charge in [0.05, 0.1) is 22.2 Å². The first-order chi connectivity index (χ1) is 13.8. The number of piperidine rings is 1. The number of hydrazine groups is 1. The third-order valence-electron chi connectivity index (χ3n) is 4.91. The molecule has 4 rings (SSSR count). The summed E-state index contributed by atoms with van der Waals surface area (Å²) in [6, 6.07) is 7.05. The zero-order valence-corrected chi connectivity index (χ0v) is 15.3. The molecule has 0 bridgehead atoms. The van der Waals surface area contributed by atoms with E-state index >= 15 is 0 Å². The molecule has 29 heavy (non-hydrogen) atoms. The minimum absolute atomic E-state index is 0.0734. The second-order valence-electron chi connectivity index (χ2n) is 7.00. The van der Waals surface area contributed by atoms with Gasteiger partial charge in [-0.2, -0.15) is 13.2 Å². The molecule has 2 heterocycles. The van der Waals surface area contributed by atoms with Crippen LogP contribution in [0.1, 0.15) is 35.2 Å². The highest BCUT2D eigenvalue weighted by atomic mass is 19.4. The van der Waals surface area contributed by atoms with E-state index in [1.165, 1.54) is 18.2 Å². The first-order valence-corrected chi connectivity index (χ1v) is 9.24. The standard InChI is InChI=1S/C20H18F4N4O/c21-15-10-12(19(29)27-28-8-2-1-3-9-28)4-6-14(15)18-25-16-7-5-13(20(22,23)24)11-17(16)26-18/h4-7,10-11H,1-3,8-9H2,(H,25,26)(H,27,29). The maximum atomic E-state index is 14.6. The fraction of sp³-hybridized carbons (Fsp3) is 0.300. The fourth-order valence-corrected chi connectivity index (χ4v) is 3.38. The molecule has 3 aromatic rings. The number of imidazole rings is 1. The van der Waals surface area contributed by atoms with Crippen LogP contribution in [0.4, 0.5) is 17.6 Å². The van der Waals surface area contributed by atoms with Crippen LogP contribution in [0.5, 0.6) is 0 Å². The minimum atomic E-state index is -4.48. The second-order valence-corrected chi connectivity index (χ2v) is 7.00. The molecule has 152 valence electrons. The molecule has 1 aromatic heterocycles. The summed E-state index contributed by atoms with van der Waals surface area (Å²) in [4.78, 5) is 19.2. The fourth-order valence-electron chi connectivity index (χ4n) is 3.38. The van der Waals surface area contributed by atoms with Crippen LogP contribution in [0.2, 0.25) is 0 Å². The first-order valence-electron chi connectivity index (χ1n) is 9.24. The Morgan fingerprint density at radius 3 is 2.52 bits per heavy atom. The maximum absolute atomic E-state index is 14.6. The SMILES string of the molecule is O=C(NN1CCCCC1)c1ccc(-c2nc3ccc(C(F)(F)F)cc3[nH]2)c(F)c1. The smallest absolute Gasteiger partial charge is 0.338 e. The summed E-state index contributed by atoms with van der Waals surface area (Å²) in [6.45, 7) is 1.51. The predicted octanol–water partition coefficient (Wildman–Crippen LogP) is 4.52. The van der Waals surface area contributed by atoms with Crippen LogP contribution in [0.15, 0.2) is 36.4 Å². The van der Waals surface area contributed by atoms with E-state index in [9.17, 15) is 22.4 Å². The highest BCUT2D eigenvalue weighted by Gasteiger charge is 2.30. The highest BCUT2D eigenvalue weighted by molar-refractivity contribution is 5.94. The Labute approximate surface area is 163 Å². The third-order valence-corrected chi connectivity index (χ3v) is 4.91. The van der Waals surface area contributed by atoms with E-state index in [1.807, 2.05) is 5.01 Å². The number of nitrogens with zero attached hydrogens (tertiary/aromatic N) is 2. The molecule has 1 aliphatic rings. The Hall–Kier alpha value is -2.94. The molecule has 1 aliphatic heterocycles. The van der Waals surface area contributed by atoms with Crippen LogP contribution in [0.25, 0.3) is 22.4 Å². The number of nitrogens with one attached hydrogen (secondary N) is 2. The van der Waals surface area contributed by atoms with Gasteiger partial charge in [0.1, 0.15) is 11.6 Å². The van der Waals surface area contributed by atoms with Gasteiger partial charge < -0.3 is 4.98 Å². The van der Waals surface area contributed by atoms with Crippen molar-refractivity contribution in [2.45, 2.75) is 25.4 Å². The molecule has 2 N–H and O–H groups in total. The Morgan fingerprint density at radius 1 is 1.07 bits per heavy atom. The summed E-state index contributed by atoms with van der Waals surface area (Å²) < 4.78 is 53.2. The van der Waals surface area contributed by atoms with Crippen molar-refractivity contribution in [2.24, 2.45) is 0 Å². The molecular weight excluding hydrogens is 388 g/mol. The molecule has 0 aliphatic carbocycles. The molecule has 0 atom stereocenters. The van der Waals surface area contributed by atoms with Crippen LogP contribution in [-0.4, -0.2) is 34.0 Å². The van der Waals surface area contributed by atoms with Crippen molar-refractivity contribution < 1.29 is 22.4 Å². The number of carbonyl (C=O) groups is 1. The topological polar surface area (TPSA) is 61.0 Å². The normalized spacial score (nSPS) is 15.6. The van der Waals surface area contributed by atoms with Crippen molar-refractivity contribution in [3.63, 3.8) is 0 Å². The molecule has 5 nitrogen and oxygen atoms in total. The zero-order valence-electron chi connectivity index (χ0n) is 15.3. The molecule has 0 unspecified atom stereocenters. The molecule has 2 aromatic carbocycles. The van der Waals surface area contributed by atoms with Crippen LogP contribution in [-0.2, 0) is 6.18 Å². The van der Waals surface area contributed by atoms with Gasteiger partial charge in [-0.1, -0.05) is 6.42 Å². The molecule has 9 heteroatoms. The average molecular weight is 406 g/mol. The van der Waals surface area contributed by atoms with Gasteiger partial charge in [0.2, 0.25) is 0 Å². The van der Waals surface area contributed by atoms with Crippen molar-refractivity contribution >= 4 is 16.9 Å². The van der Waals surface area contributed by atoms with Crippen molar-refractivity contribution in [3.05, 3.63) is 53.3 Å². The van der Waals surface area contributed by atoms with E-state index in [0.717, 1.165) is 50.6 Å². The van der Waals surface area contributed by atoms with Crippen LogP contribution in [0.3, 0.4) is 0 Å². The number of amides is 1. The molecular formula is C20H18F4N4O. The summed E-state index contributed by atoms with van der Waals surface area (Å²) in [5.41, 5.74) is 2.62. The lowest BCUT2D eigenvalue weighted by Gasteiger charge is -2.26. The average Bonchev–Trinajstić information content (AvgIpc) is 3.11. The van der Waals surface area contributed by atoms with E-state index in [4.69, 9.17) is 0 Å². The number of aromatic nitrogens is 2. The van der Waals surface area contributed by atoms with E-state index in [-0.39, 0.29) is 22.5 Å². The number of fused-ring (bicyclic) bond motifs is 1. The Bertz CT molecular complexity index is 1050. The summed E-state index contributed by atoms with van der Waals surface area (Å²) >= 11 is 0. The number of rotatable bonds is 3. The van der Waals surface area contributed by atoms with Gasteiger partial charge in [-0.25, -0.2) is 14.4 Å². The lowest BCUT2D eigenvalue weighted by Crippen LogP contribution is -2.45. The Morgan fingerprint density at radius 2 is 1.83 bits per heavy atom. The Balaban J connectivity index is 1.58. The highest BCUT2D eigenvalue weighted by Crippen LogP contribution is 2.32. The number of halogens is 4. The number of benzene rings is 2. The van der Waals surface area contributed by atoms with Gasteiger partial charge in [0.15, 0.2) is 0 Å². The number of aromatic amines is 1. The van der Waals surface area contributed by atoms with Gasteiger partial charge in [0, 0.05) is 18.7 Å². The molecule has 0 spiro atoms. The summed E-state index contributed by atoms with van der Waals surface area (Å²) in [7, 11) is 0. The molecule has 0 saturated carbocycles. The summed E-state index contributed by atoms with van der Waals surface area (Å²) in [6.07, 6.45) is -1.36. The summed E-state index contributed by atoms with van der Waals surface area (Å²) in [5, 5.41) is 1.81. The van der Waals surface area contributed by atoms with E-state index in [1.54, 1.807) is 0 Å². The monoisotopic (exact) mass is 406 g/mol.